The highest BCUT2D eigenvalue weighted by Crippen LogP contribution is 2.19. The van der Waals surface area contributed by atoms with Crippen LogP contribution >= 0.6 is 11.8 Å². The number of anilines is 1. The number of halogens is 1. The lowest BCUT2D eigenvalue weighted by molar-refractivity contribution is -0.113. The van der Waals surface area contributed by atoms with Crippen molar-refractivity contribution in [1.82, 2.24) is 20.1 Å². The van der Waals surface area contributed by atoms with Crippen LogP contribution in [0.1, 0.15) is 26.5 Å². The number of carbonyl (C=O) groups excluding carboxylic acids is 2. The van der Waals surface area contributed by atoms with E-state index in [1.165, 1.54) is 36.4 Å². The third kappa shape index (κ3) is 6.26. The van der Waals surface area contributed by atoms with E-state index < -0.39 is 17.7 Å². The van der Waals surface area contributed by atoms with Crippen molar-refractivity contribution in [2.75, 3.05) is 11.1 Å². The molecule has 2 amide bonds. The second-order valence-electron chi connectivity index (χ2n) is 6.68. The molecule has 170 valence electrons. The Morgan fingerprint density at radius 2 is 1.94 bits per heavy atom. The Kier molecular flexibility index (Phi) is 7.92. The zero-order valence-corrected chi connectivity index (χ0v) is 18.1. The number of carbonyl (C=O) groups is 3. The van der Waals surface area contributed by atoms with E-state index in [-0.39, 0.29) is 29.3 Å². The number of carboxylic acids is 1. The normalized spacial score (nSPS) is 10.5. The van der Waals surface area contributed by atoms with Crippen LogP contribution in [0.2, 0.25) is 0 Å². The number of amides is 2. The summed E-state index contributed by atoms with van der Waals surface area (Å²) in [7, 11) is 0. The first kappa shape index (κ1) is 23.7. The molecule has 0 bridgehead atoms. The predicted molar refractivity (Wildman–Crippen MR) is 121 cm³/mol. The molecule has 0 aliphatic carbocycles. The molecule has 0 atom stereocenters. The van der Waals surface area contributed by atoms with E-state index >= 15 is 0 Å². The molecule has 11 heteroatoms. The number of nitrogens with zero attached hydrogens (tertiary/aromatic N) is 3. The second-order valence-corrected chi connectivity index (χ2v) is 7.63. The average Bonchev–Trinajstić information content (AvgIpc) is 3.18. The summed E-state index contributed by atoms with van der Waals surface area (Å²) in [6.07, 6.45) is 1.62. The maximum atomic E-state index is 13.8. The maximum absolute atomic E-state index is 13.8. The van der Waals surface area contributed by atoms with E-state index in [0.717, 1.165) is 11.8 Å². The first-order valence-electron chi connectivity index (χ1n) is 9.70. The van der Waals surface area contributed by atoms with Gasteiger partial charge in [-0.15, -0.1) is 16.8 Å². The Balaban J connectivity index is 1.62. The predicted octanol–water partition coefficient (Wildman–Crippen LogP) is 2.96. The molecule has 0 aliphatic heterocycles. The van der Waals surface area contributed by atoms with Crippen molar-refractivity contribution in [2.45, 2.75) is 18.2 Å². The third-order valence-corrected chi connectivity index (χ3v) is 5.32. The molecular formula is C22H20FN5O4S. The van der Waals surface area contributed by atoms with Gasteiger partial charge in [0.15, 0.2) is 11.0 Å². The number of hydrogen-bond acceptors (Lipinski definition) is 6. The summed E-state index contributed by atoms with van der Waals surface area (Å²) in [5, 5.41) is 22.8. The molecule has 0 aliphatic rings. The van der Waals surface area contributed by atoms with Crippen LogP contribution in [0.15, 0.2) is 66.3 Å². The van der Waals surface area contributed by atoms with Gasteiger partial charge in [-0.25, -0.2) is 9.18 Å². The Morgan fingerprint density at radius 3 is 2.67 bits per heavy atom. The highest BCUT2D eigenvalue weighted by atomic mass is 32.2. The fourth-order valence-corrected chi connectivity index (χ4v) is 3.59. The van der Waals surface area contributed by atoms with Crippen molar-refractivity contribution >= 4 is 35.2 Å². The number of benzene rings is 2. The van der Waals surface area contributed by atoms with E-state index in [4.69, 9.17) is 5.11 Å². The molecule has 3 N–H and O–H groups in total. The Hall–Kier alpha value is -3.99. The van der Waals surface area contributed by atoms with Crippen molar-refractivity contribution < 1.29 is 23.9 Å². The highest BCUT2D eigenvalue weighted by Gasteiger charge is 2.16. The zero-order chi connectivity index (χ0) is 23.8. The quantitative estimate of drug-likeness (QED) is 0.308. The molecule has 0 spiro atoms. The summed E-state index contributed by atoms with van der Waals surface area (Å²) >= 11 is 1.12. The van der Waals surface area contributed by atoms with Gasteiger partial charge in [0, 0.05) is 12.2 Å². The number of aromatic carboxylic acids is 1. The summed E-state index contributed by atoms with van der Waals surface area (Å²) < 4.78 is 15.5. The van der Waals surface area contributed by atoms with Crippen LogP contribution in [0.3, 0.4) is 0 Å². The fourth-order valence-electron chi connectivity index (χ4n) is 2.83. The molecule has 0 radical (unpaired) electrons. The molecule has 2 aromatic carbocycles. The number of thioether (sulfide) groups is 1. The minimum absolute atomic E-state index is 0.00272. The number of allylic oxidation sites excluding steroid dienone is 1. The van der Waals surface area contributed by atoms with Crippen molar-refractivity contribution in [1.29, 1.82) is 0 Å². The van der Waals surface area contributed by atoms with Crippen LogP contribution in [-0.4, -0.2) is 43.4 Å². The Bertz CT molecular complexity index is 1200. The Labute approximate surface area is 192 Å². The van der Waals surface area contributed by atoms with Gasteiger partial charge in [-0.05, 0) is 30.3 Å². The second kappa shape index (κ2) is 11.0. The first-order valence-corrected chi connectivity index (χ1v) is 10.7. The Morgan fingerprint density at radius 1 is 1.15 bits per heavy atom. The lowest BCUT2D eigenvalue weighted by Gasteiger charge is -2.09. The molecule has 0 unspecified atom stereocenters. The molecule has 0 saturated carbocycles. The van der Waals surface area contributed by atoms with E-state index in [9.17, 15) is 18.8 Å². The van der Waals surface area contributed by atoms with Crippen LogP contribution in [-0.2, 0) is 17.9 Å². The lowest BCUT2D eigenvalue weighted by Crippen LogP contribution is -2.25. The van der Waals surface area contributed by atoms with Crippen LogP contribution in [0, 0.1) is 5.82 Å². The standard InChI is InChI=1S/C22H20FN5O4S/c1-2-10-28-18(12-24-20(30)16-8-3-4-9-17(16)23)26-27-22(28)33-13-19(29)25-15-7-5-6-14(11-15)21(31)32/h2-9,11H,1,10,12-13H2,(H,24,30)(H,25,29)(H,31,32). The number of rotatable bonds is 10. The van der Waals surface area contributed by atoms with Gasteiger partial charge in [-0.3, -0.25) is 9.59 Å². The largest absolute Gasteiger partial charge is 0.478 e. The van der Waals surface area contributed by atoms with E-state index in [1.807, 2.05) is 0 Å². The molecule has 1 aromatic heterocycles. The third-order valence-electron chi connectivity index (χ3n) is 4.36. The van der Waals surface area contributed by atoms with Gasteiger partial charge in [0.25, 0.3) is 5.91 Å². The topological polar surface area (TPSA) is 126 Å². The van der Waals surface area contributed by atoms with Gasteiger partial charge in [-0.2, -0.15) is 0 Å². The molecule has 0 saturated heterocycles. The van der Waals surface area contributed by atoms with E-state index in [2.05, 4.69) is 27.4 Å². The smallest absolute Gasteiger partial charge is 0.335 e. The zero-order valence-electron chi connectivity index (χ0n) is 17.3. The summed E-state index contributed by atoms with van der Waals surface area (Å²) in [6.45, 7) is 4.03. The number of aromatic nitrogens is 3. The summed E-state index contributed by atoms with van der Waals surface area (Å²) in [5.41, 5.74) is 0.350. The highest BCUT2D eigenvalue weighted by molar-refractivity contribution is 7.99. The van der Waals surface area contributed by atoms with Crippen molar-refractivity contribution in [3.8, 4) is 0 Å². The first-order chi connectivity index (χ1) is 15.9. The molecule has 3 rings (SSSR count). The molecule has 1 heterocycles. The lowest BCUT2D eigenvalue weighted by atomic mass is 10.2. The minimum atomic E-state index is -1.09. The van der Waals surface area contributed by atoms with Crippen LogP contribution in [0.4, 0.5) is 10.1 Å². The van der Waals surface area contributed by atoms with Crippen molar-refractivity contribution in [3.05, 3.63) is 84.0 Å². The van der Waals surface area contributed by atoms with Crippen molar-refractivity contribution in [3.63, 3.8) is 0 Å². The van der Waals surface area contributed by atoms with E-state index in [1.54, 1.807) is 22.8 Å². The monoisotopic (exact) mass is 469 g/mol. The SMILES string of the molecule is C=CCn1c(CNC(=O)c2ccccc2F)nnc1SCC(=O)Nc1cccc(C(=O)O)c1. The van der Waals surface area contributed by atoms with Gasteiger partial charge in [0.2, 0.25) is 5.91 Å². The van der Waals surface area contributed by atoms with Crippen LogP contribution in [0.5, 0.6) is 0 Å². The summed E-state index contributed by atoms with van der Waals surface area (Å²) in [6, 6.07) is 11.6. The molecular weight excluding hydrogens is 449 g/mol. The fraction of sp³-hybridized carbons (Fsp3) is 0.136. The molecule has 3 aromatic rings. The van der Waals surface area contributed by atoms with Crippen molar-refractivity contribution in [2.24, 2.45) is 0 Å². The van der Waals surface area contributed by atoms with Gasteiger partial charge >= 0.3 is 5.97 Å². The van der Waals surface area contributed by atoms with Crippen LogP contribution < -0.4 is 10.6 Å². The van der Waals surface area contributed by atoms with E-state index in [0.29, 0.717) is 23.2 Å². The van der Waals surface area contributed by atoms with Gasteiger partial charge in [-0.1, -0.05) is 36.0 Å². The number of carboxylic acid groups (broad SMARTS) is 1. The molecule has 33 heavy (non-hydrogen) atoms. The maximum Gasteiger partial charge on any atom is 0.335 e. The number of nitrogens with one attached hydrogen (secondary N) is 2. The number of hydrogen-bond donors (Lipinski definition) is 3. The minimum Gasteiger partial charge on any atom is -0.478 e. The summed E-state index contributed by atoms with van der Waals surface area (Å²) in [4.78, 5) is 35.6. The van der Waals surface area contributed by atoms with Gasteiger partial charge < -0.3 is 20.3 Å². The van der Waals surface area contributed by atoms with Gasteiger partial charge in [0.05, 0.1) is 23.4 Å². The average molecular weight is 469 g/mol. The molecule has 9 nitrogen and oxygen atoms in total. The van der Waals surface area contributed by atoms with Crippen LogP contribution in [0.25, 0.3) is 0 Å². The van der Waals surface area contributed by atoms with Gasteiger partial charge in [0.1, 0.15) is 5.82 Å². The molecule has 0 fully saturated rings. The summed E-state index contributed by atoms with van der Waals surface area (Å²) in [5.74, 6) is -2.25.